The highest BCUT2D eigenvalue weighted by Gasteiger charge is 2.64. The van der Waals surface area contributed by atoms with E-state index in [0.717, 1.165) is 6.42 Å². The van der Waals surface area contributed by atoms with Gasteiger partial charge in [0, 0.05) is 16.5 Å². The number of fused-ring (bicyclic) bond motifs is 1. The molecular weight excluding hydrogens is 471 g/mol. The number of esters is 3. The van der Waals surface area contributed by atoms with Crippen LogP contribution in [0.15, 0.2) is 42.5 Å². The molecule has 5 rings (SSSR count). The number of hydrogen-bond acceptors (Lipinski definition) is 7. The first-order valence-electron chi connectivity index (χ1n) is 10.5. The predicted molar refractivity (Wildman–Crippen MR) is 116 cm³/mol. The Morgan fingerprint density at radius 2 is 1.79 bits per heavy atom. The molecule has 2 aromatic carbocycles. The Morgan fingerprint density at radius 3 is 2.52 bits per heavy atom. The van der Waals surface area contributed by atoms with Gasteiger partial charge in [-0.05, 0) is 61.2 Å². The van der Waals surface area contributed by atoms with E-state index in [9.17, 15) is 19.2 Å². The molecule has 9 heteroatoms. The van der Waals surface area contributed by atoms with E-state index < -0.39 is 36.2 Å². The monoisotopic (exact) mass is 488 g/mol. The molecule has 3 aliphatic rings. The molecule has 1 aliphatic heterocycles. The standard InChI is InChI=1S/C24H18Cl2O7/c25-13-3-6-15(17(26)9-13)22(28)32-14-4-1-11(2-5-14)18(27)10-31-23(29)20-12-7-16-19(8-12)33-24(30)21(16)20/h1-6,9,12,16,19-21H,7-8,10H2/t12-,16+,19+,20-,21+/m1/s1. The van der Waals surface area contributed by atoms with Crippen molar-refractivity contribution < 1.29 is 33.4 Å². The first kappa shape index (κ1) is 21.9. The summed E-state index contributed by atoms with van der Waals surface area (Å²) in [7, 11) is 0. The van der Waals surface area contributed by atoms with Gasteiger partial charge in [0.05, 0.1) is 22.4 Å². The molecule has 3 fully saturated rings. The first-order valence-corrected chi connectivity index (χ1v) is 11.2. The van der Waals surface area contributed by atoms with E-state index in [4.69, 9.17) is 37.4 Å². The van der Waals surface area contributed by atoms with Crippen LogP contribution in [0.25, 0.3) is 0 Å². The van der Waals surface area contributed by atoms with Gasteiger partial charge in [0.25, 0.3) is 0 Å². The summed E-state index contributed by atoms with van der Waals surface area (Å²) in [6.45, 7) is -0.433. The van der Waals surface area contributed by atoms with Crippen LogP contribution in [0.4, 0.5) is 0 Å². The van der Waals surface area contributed by atoms with Crippen molar-refractivity contribution in [2.24, 2.45) is 23.7 Å². The van der Waals surface area contributed by atoms with Gasteiger partial charge in [-0.3, -0.25) is 14.4 Å². The van der Waals surface area contributed by atoms with Gasteiger partial charge in [-0.1, -0.05) is 23.2 Å². The molecule has 33 heavy (non-hydrogen) atoms. The fourth-order valence-corrected chi connectivity index (χ4v) is 5.65. The zero-order valence-electron chi connectivity index (χ0n) is 17.2. The smallest absolute Gasteiger partial charge is 0.345 e. The van der Waals surface area contributed by atoms with Gasteiger partial charge < -0.3 is 14.2 Å². The Morgan fingerprint density at radius 1 is 1.03 bits per heavy atom. The van der Waals surface area contributed by atoms with E-state index in [0.29, 0.717) is 17.0 Å². The molecule has 2 bridgehead atoms. The van der Waals surface area contributed by atoms with Gasteiger partial charge in [-0.25, -0.2) is 4.79 Å². The largest absolute Gasteiger partial charge is 0.462 e. The van der Waals surface area contributed by atoms with Crippen molar-refractivity contribution in [3.05, 3.63) is 63.6 Å². The van der Waals surface area contributed by atoms with E-state index in [1.54, 1.807) is 0 Å². The Kier molecular flexibility index (Phi) is 5.62. The van der Waals surface area contributed by atoms with Crippen LogP contribution in [-0.2, 0) is 19.1 Å². The molecule has 0 N–H and O–H groups in total. The lowest BCUT2D eigenvalue weighted by Gasteiger charge is -2.22. The van der Waals surface area contributed by atoms with E-state index >= 15 is 0 Å². The third-order valence-corrected chi connectivity index (χ3v) is 7.19. The molecule has 1 saturated heterocycles. The van der Waals surface area contributed by atoms with Crippen LogP contribution in [0.5, 0.6) is 5.75 Å². The number of carbonyl (C=O) groups excluding carboxylic acids is 4. The molecule has 2 aromatic rings. The lowest BCUT2D eigenvalue weighted by molar-refractivity contribution is -0.154. The normalized spacial score (nSPS) is 26.7. The third kappa shape index (κ3) is 4.00. The van der Waals surface area contributed by atoms with E-state index in [-0.39, 0.29) is 40.2 Å². The summed E-state index contributed by atoms with van der Waals surface area (Å²) in [6.07, 6.45) is 1.40. The van der Waals surface area contributed by atoms with Gasteiger partial charge in [-0.15, -0.1) is 0 Å². The Labute approximate surface area is 198 Å². The molecular formula is C24H18Cl2O7. The second kappa shape index (κ2) is 8.47. The van der Waals surface area contributed by atoms with Gasteiger partial charge in [0.15, 0.2) is 12.4 Å². The Bertz CT molecular complexity index is 1160. The highest BCUT2D eigenvalue weighted by Crippen LogP contribution is 2.57. The second-order valence-electron chi connectivity index (χ2n) is 8.49. The molecule has 0 radical (unpaired) electrons. The molecule has 170 valence electrons. The quantitative estimate of drug-likeness (QED) is 0.342. The van der Waals surface area contributed by atoms with Crippen LogP contribution >= 0.6 is 23.2 Å². The molecule has 2 aliphatic carbocycles. The van der Waals surface area contributed by atoms with Crippen molar-refractivity contribution in [2.75, 3.05) is 6.61 Å². The Balaban J connectivity index is 1.17. The van der Waals surface area contributed by atoms with Crippen LogP contribution in [-0.4, -0.2) is 36.4 Å². The van der Waals surface area contributed by atoms with Gasteiger partial charge in [-0.2, -0.15) is 0 Å². The summed E-state index contributed by atoms with van der Waals surface area (Å²) in [5, 5.41) is 0.561. The van der Waals surface area contributed by atoms with Crippen LogP contribution in [0.1, 0.15) is 33.6 Å². The van der Waals surface area contributed by atoms with Gasteiger partial charge >= 0.3 is 17.9 Å². The zero-order chi connectivity index (χ0) is 23.3. The number of Topliss-reactive ketones (excluding diaryl/α,β-unsaturated/α-hetero) is 1. The molecule has 0 spiro atoms. The maximum absolute atomic E-state index is 12.6. The fourth-order valence-electron chi connectivity index (χ4n) is 5.17. The fraction of sp³-hybridized carbons (Fsp3) is 0.333. The average molecular weight is 489 g/mol. The number of hydrogen-bond donors (Lipinski definition) is 0. The van der Waals surface area contributed by atoms with E-state index in [1.165, 1.54) is 42.5 Å². The SMILES string of the molecule is O=C(COC(=O)[C@@H]1[C@@H]2C[C@@H]3[C@@H]1C(=O)O[C@H]3C2)c1ccc(OC(=O)c2ccc(Cl)cc2Cl)cc1. The summed E-state index contributed by atoms with van der Waals surface area (Å²) in [5.41, 5.74) is 0.451. The number of halogens is 2. The lowest BCUT2D eigenvalue weighted by Crippen LogP contribution is -2.34. The van der Waals surface area contributed by atoms with E-state index in [1.807, 2.05) is 0 Å². The minimum absolute atomic E-state index is 0.0680. The summed E-state index contributed by atoms with van der Waals surface area (Å²) >= 11 is 11.8. The number of benzene rings is 2. The van der Waals surface area contributed by atoms with Crippen LogP contribution < -0.4 is 4.74 Å². The van der Waals surface area contributed by atoms with Crippen molar-refractivity contribution in [3.8, 4) is 5.75 Å². The van der Waals surface area contributed by atoms with Gasteiger partial charge in [0.2, 0.25) is 0 Å². The zero-order valence-corrected chi connectivity index (χ0v) is 18.7. The second-order valence-corrected chi connectivity index (χ2v) is 9.33. The minimum atomic E-state index is -0.664. The highest BCUT2D eigenvalue weighted by atomic mass is 35.5. The minimum Gasteiger partial charge on any atom is -0.462 e. The van der Waals surface area contributed by atoms with Crippen molar-refractivity contribution >= 4 is 46.9 Å². The van der Waals surface area contributed by atoms with Crippen molar-refractivity contribution in [1.29, 1.82) is 0 Å². The average Bonchev–Trinajstić information content (AvgIpc) is 3.40. The lowest BCUT2D eigenvalue weighted by atomic mass is 9.80. The van der Waals surface area contributed by atoms with Crippen LogP contribution in [0.3, 0.4) is 0 Å². The van der Waals surface area contributed by atoms with Crippen molar-refractivity contribution in [3.63, 3.8) is 0 Å². The molecule has 0 unspecified atom stereocenters. The number of ketones is 1. The molecule has 0 amide bonds. The summed E-state index contributed by atoms with van der Waals surface area (Å²) < 4.78 is 15.9. The topological polar surface area (TPSA) is 96.0 Å². The summed E-state index contributed by atoms with van der Waals surface area (Å²) in [4.78, 5) is 49.4. The van der Waals surface area contributed by atoms with E-state index in [2.05, 4.69) is 0 Å². The van der Waals surface area contributed by atoms with Crippen molar-refractivity contribution in [1.82, 2.24) is 0 Å². The number of carbonyl (C=O) groups is 4. The maximum atomic E-state index is 12.6. The third-order valence-electron chi connectivity index (χ3n) is 6.64. The predicted octanol–water partition coefficient (Wildman–Crippen LogP) is 4.14. The highest BCUT2D eigenvalue weighted by molar-refractivity contribution is 6.36. The van der Waals surface area contributed by atoms with Crippen LogP contribution in [0, 0.1) is 23.7 Å². The molecule has 1 heterocycles. The Hall–Kier alpha value is -2.90. The maximum Gasteiger partial charge on any atom is 0.345 e. The van der Waals surface area contributed by atoms with Gasteiger partial charge in [0.1, 0.15) is 11.9 Å². The molecule has 7 nitrogen and oxygen atoms in total. The molecule has 2 saturated carbocycles. The number of ether oxygens (including phenoxy) is 3. The molecule has 0 aromatic heterocycles. The molecule has 5 atom stereocenters. The first-order chi connectivity index (χ1) is 15.8. The van der Waals surface area contributed by atoms with Crippen molar-refractivity contribution in [2.45, 2.75) is 18.9 Å². The summed E-state index contributed by atoms with van der Waals surface area (Å²) in [6, 6.07) is 10.3. The number of rotatable bonds is 6. The summed E-state index contributed by atoms with van der Waals surface area (Å²) in [5.74, 6) is -2.52. The van der Waals surface area contributed by atoms with Crippen LogP contribution in [0.2, 0.25) is 10.0 Å².